The van der Waals surface area contributed by atoms with E-state index in [9.17, 15) is 4.79 Å². The molecule has 0 bridgehead atoms. The van der Waals surface area contributed by atoms with E-state index in [-0.39, 0.29) is 5.91 Å². The lowest BCUT2D eigenvalue weighted by Gasteiger charge is -2.15. The quantitative estimate of drug-likeness (QED) is 0.507. The van der Waals surface area contributed by atoms with Crippen molar-refractivity contribution in [2.75, 3.05) is 14.2 Å². The van der Waals surface area contributed by atoms with E-state index in [0.29, 0.717) is 28.8 Å². The van der Waals surface area contributed by atoms with Crippen molar-refractivity contribution in [3.05, 3.63) is 66.5 Å². The number of amides is 1. The fourth-order valence-corrected chi connectivity index (χ4v) is 2.81. The molecule has 8 heteroatoms. The van der Waals surface area contributed by atoms with E-state index >= 15 is 0 Å². The molecule has 4 aromatic rings. The van der Waals surface area contributed by atoms with Crippen LogP contribution in [0.15, 0.2) is 59.6 Å². The van der Waals surface area contributed by atoms with Crippen LogP contribution < -0.4 is 0 Å². The number of carbonyl (C=O) groups excluding carboxylic acids is 1. The van der Waals surface area contributed by atoms with Crippen molar-refractivity contribution in [3.8, 4) is 11.3 Å². The van der Waals surface area contributed by atoms with E-state index in [2.05, 4.69) is 10.1 Å². The summed E-state index contributed by atoms with van der Waals surface area (Å²) in [7, 11) is 3.00. The predicted octanol–water partition coefficient (Wildman–Crippen LogP) is 2.77. The van der Waals surface area contributed by atoms with Crippen molar-refractivity contribution in [1.29, 1.82) is 0 Å². The summed E-state index contributed by atoms with van der Waals surface area (Å²) in [6, 6.07) is 9.13. The van der Waals surface area contributed by atoms with Crippen molar-refractivity contribution in [1.82, 2.24) is 24.8 Å². The molecule has 4 heterocycles. The first-order valence-corrected chi connectivity index (χ1v) is 8.29. The van der Waals surface area contributed by atoms with Gasteiger partial charge in [0.05, 0.1) is 36.2 Å². The molecular weight excluding hydrogens is 346 g/mol. The first-order valence-electron chi connectivity index (χ1n) is 8.29. The van der Waals surface area contributed by atoms with Gasteiger partial charge in [0.15, 0.2) is 5.65 Å². The van der Waals surface area contributed by atoms with Gasteiger partial charge in [0.25, 0.3) is 5.91 Å². The molecule has 0 aliphatic carbocycles. The van der Waals surface area contributed by atoms with Crippen LogP contribution in [-0.2, 0) is 11.4 Å². The molecule has 0 aliphatic heterocycles. The Kier molecular flexibility index (Phi) is 4.39. The summed E-state index contributed by atoms with van der Waals surface area (Å²) in [6.07, 6.45) is 6.64. The molecule has 0 atom stereocenters. The highest BCUT2D eigenvalue weighted by atomic mass is 16.7. The van der Waals surface area contributed by atoms with Gasteiger partial charge in [0, 0.05) is 25.0 Å². The van der Waals surface area contributed by atoms with Crippen molar-refractivity contribution < 1.29 is 14.0 Å². The number of pyridine rings is 2. The highest BCUT2D eigenvalue weighted by molar-refractivity contribution is 6.06. The number of furan rings is 1. The van der Waals surface area contributed by atoms with E-state index in [4.69, 9.17) is 14.2 Å². The minimum atomic E-state index is -0.285. The number of rotatable bonds is 5. The Morgan fingerprint density at radius 1 is 1.30 bits per heavy atom. The molecule has 4 aromatic heterocycles. The third-order valence-corrected chi connectivity index (χ3v) is 4.24. The maximum Gasteiger partial charge on any atom is 0.278 e. The maximum atomic E-state index is 12.8. The van der Waals surface area contributed by atoms with Gasteiger partial charge in [-0.25, -0.2) is 14.7 Å². The van der Waals surface area contributed by atoms with Crippen LogP contribution in [0.5, 0.6) is 0 Å². The lowest BCUT2D eigenvalue weighted by atomic mass is 10.1. The Morgan fingerprint density at radius 2 is 2.19 bits per heavy atom. The number of aromatic nitrogens is 4. The van der Waals surface area contributed by atoms with Gasteiger partial charge in [0.2, 0.25) is 0 Å². The number of hydroxylamine groups is 2. The molecule has 0 saturated carbocycles. The van der Waals surface area contributed by atoms with Gasteiger partial charge in [-0.05, 0) is 30.3 Å². The molecular formula is C19H17N5O3. The second-order valence-corrected chi connectivity index (χ2v) is 5.90. The largest absolute Gasteiger partial charge is 0.467 e. The number of hydrogen-bond donors (Lipinski definition) is 0. The highest BCUT2D eigenvalue weighted by Crippen LogP contribution is 2.26. The standard InChI is InChI=1S/C19H17N5O3/c1-23(26-2)19(25)15-9-17(13-5-3-7-20-10-13)22-18-16(15)11-21-24(18)12-14-6-4-8-27-14/h3-11H,12H2,1-2H3. The zero-order chi connectivity index (χ0) is 18.8. The van der Waals surface area contributed by atoms with Gasteiger partial charge in [-0.15, -0.1) is 0 Å². The Balaban J connectivity index is 1.90. The molecule has 0 aromatic carbocycles. The zero-order valence-electron chi connectivity index (χ0n) is 14.9. The predicted molar refractivity (Wildman–Crippen MR) is 97.7 cm³/mol. The number of fused-ring (bicyclic) bond motifs is 1. The van der Waals surface area contributed by atoms with Crippen molar-refractivity contribution in [2.24, 2.45) is 0 Å². The minimum absolute atomic E-state index is 0.285. The summed E-state index contributed by atoms with van der Waals surface area (Å²) < 4.78 is 7.12. The van der Waals surface area contributed by atoms with Crippen LogP contribution >= 0.6 is 0 Å². The molecule has 4 rings (SSSR count). The summed E-state index contributed by atoms with van der Waals surface area (Å²) in [5.74, 6) is 0.461. The van der Waals surface area contributed by atoms with Gasteiger partial charge >= 0.3 is 0 Å². The Hall–Kier alpha value is -3.52. The number of hydrogen-bond acceptors (Lipinski definition) is 6. The first kappa shape index (κ1) is 16.9. The van der Waals surface area contributed by atoms with Crippen LogP contribution in [0.25, 0.3) is 22.3 Å². The molecule has 0 fully saturated rings. The fourth-order valence-electron chi connectivity index (χ4n) is 2.81. The lowest BCUT2D eigenvalue weighted by Crippen LogP contribution is -2.25. The van der Waals surface area contributed by atoms with Crippen molar-refractivity contribution in [2.45, 2.75) is 6.54 Å². The molecule has 1 amide bonds. The molecule has 0 unspecified atom stereocenters. The smallest absolute Gasteiger partial charge is 0.278 e. The van der Waals surface area contributed by atoms with Crippen LogP contribution in [0.2, 0.25) is 0 Å². The number of nitrogens with zero attached hydrogens (tertiary/aromatic N) is 5. The lowest BCUT2D eigenvalue weighted by molar-refractivity contribution is -0.0755. The Morgan fingerprint density at radius 3 is 2.89 bits per heavy atom. The number of carbonyl (C=O) groups is 1. The average molecular weight is 363 g/mol. The van der Waals surface area contributed by atoms with E-state index < -0.39 is 0 Å². The second kappa shape index (κ2) is 7.00. The average Bonchev–Trinajstić information content (AvgIpc) is 3.37. The normalized spacial score (nSPS) is 11.0. The summed E-state index contributed by atoms with van der Waals surface area (Å²) in [5.41, 5.74) is 2.47. The summed E-state index contributed by atoms with van der Waals surface area (Å²) in [4.78, 5) is 26.7. The Labute approximate surface area is 155 Å². The van der Waals surface area contributed by atoms with E-state index in [1.54, 1.807) is 42.6 Å². The van der Waals surface area contributed by atoms with Gasteiger partial charge in [0.1, 0.15) is 12.3 Å². The molecule has 27 heavy (non-hydrogen) atoms. The van der Waals surface area contributed by atoms with Gasteiger partial charge in [-0.1, -0.05) is 0 Å². The van der Waals surface area contributed by atoms with E-state index in [0.717, 1.165) is 11.3 Å². The summed E-state index contributed by atoms with van der Waals surface area (Å²) in [5, 5.41) is 6.21. The van der Waals surface area contributed by atoms with Gasteiger partial charge in [-0.3, -0.25) is 14.6 Å². The third-order valence-electron chi connectivity index (χ3n) is 4.24. The zero-order valence-corrected chi connectivity index (χ0v) is 14.9. The first-order chi connectivity index (χ1) is 13.2. The fraction of sp³-hybridized carbons (Fsp3) is 0.158. The van der Waals surface area contributed by atoms with Crippen LogP contribution in [0.4, 0.5) is 0 Å². The van der Waals surface area contributed by atoms with Gasteiger partial charge < -0.3 is 4.42 Å². The second-order valence-electron chi connectivity index (χ2n) is 5.90. The van der Waals surface area contributed by atoms with E-state index in [1.165, 1.54) is 12.2 Å². The topological polar surface area (TPSA) is 86.3 Å². The molecule has 136 valence electrons. The summed E-state index contributed by atoms with van der Waals surface area (Å²) in [6.45, 7) is 0.410. The molecule has 0 aliphatic rings. The third kappa shape index (κ3) is 3.18. The van der Waals surface area contributed by atoms with Gasteiger partial charge in [-0.2, -0.15) is 5.10 Å². The highest BCUT2D eigenvalue weighted by Gasteiger charge is 2.20. The van der Waals surface area contributed by atoms with Crippen LogP contribution in [0, 0.1) is 0 Å². The molecule has 0 radical (unpaired) electrons. The Bertz CT molecular complexity index is 1070. The van der Waals surface area contributed by atoms with Crippen molar-refractivity contribution in [3.63, 3.8) is 0 Å². The molecule has 0 spiro atoms. The molecule has 0 saturated heterocycles. The SMILES string of the molecule is CON(C)C(=O)c1cc(-c2cccnc2)nc2c1cnn2Cc1ccco1. The van der Waals surface area contributed by atoms with Crippen LogP contribution in [0.1, 0.15) is 16.1 Å². The minimum Gasteiger partial charge on any atom is -0.467 e. The van der Waals surface area contributed by atoms with Crippen LogP contribution in [0.3, 0.4) is 0 Å². The molecule has 8 nitrogen and oxygen atoms in total. The monoisotopic (exact) mass is 363 g/mol. The van der Waals surface area contributed by atoms with Crippen LogP contribution in [-0.4, -0.2) is 44.9 Å². The molecule has 0 N–H and O–H groups in total. The van der Waals surface area contributed by atoms with E-state index in [1.807, 2.05) is 24.3 Å². The van der Waals surface area contributed by atoms with Crippen molar-refractivity contribution >= 4 is 16.9 Å². The maximum absolute atomic E-state index is 12.8. The summed E-state index contributed by atoms with van der Waals surface area (Å²) >= 11 is 0.